The zero-order valence-electron chi connectivity index (χ0n) is 11.0. The second kappa shape index (κ2) is 6.06. The van der Waals surface area contributed by atoms with Crippen molar-refractivity contribution in [2.75, 3.05) is 23.9 Å². The van der Waals surface area contributed by atoms with E-state index >= 15 is 0 Å². The first kappa shape index (κ1) is 14.8. The standard InChI is InChI=1S/C12H20N2O3S/c1-4-13(5-2)18(16,17)14(6-3)11-8-7-9-12(15)10-11/h7-10,15H,4-6H2,1-3H3. The van der Waals surface area contributed by atoms with Gasteiger partial charge in [0.15, 0.2) is 0 Å². The lowest BCUT2D eigenvalue weighted by atomic mass is 10.3. The van der Waals surface area contributed by atoms with Crippen LogP contribution in [0.3, 0.4) is 0 Å². The maximum absolute atomic E-state index is 12.4. The molecule has 0 aliphatic rings. The first-order valence-electron chi connectivity index (χ1n) is 6.04. The summed E-state index contributed by atoms with van der Waals surface area (Å²) in [5.74, 6) is 0.0562. The van der Waals surface area contributed by atoms with Crippen molar-refractivity contribution in [2.45, 2.75) is 20.8 Å². The average Bonchev–Trinajstić information content (AvgIpc) is 2.30. The predicted molar refractivity (Wildman–Crippen MR) is 73.0 cm³/mol. The highest BCUT2D eigenvalue weighted by molar-refractivity contribution is 7.90. The molecule has 0 fully saturated rings. The highest BCUT2D eigenvalue weighted by atomic mass is 32.2. The molecule has 0 aromatic heterocycles. The maximum Gasteiger partial charge on any atom is 0.304 e. The zero-order valence-corrected chi connectivity index (χ0v) is 11.8. The third-order valence-corrected chi connectivity index (χ3v) is 4.91. The number of phenolic OH excluding ortho intramolecular Hbond substituents is 1. The van der Waals surface area contributed by atoms with Gasteiger partial charge in [-0.05, 0) is 19.1 Å². The molecule has 0 aliphatic carbocycles. The molecule has 1 N–H and O–H groups in total. The monoisotopic (exact) mass is 272 g/mol. The summed E-state index contributed by atoms with van der Waals surface area (Å²) < 4.78 is 27.5. The van der Waals surface area contributed by atoms with Gasteiger partial charge in [0.05, 0.1) is 5.69 Å². The number of anilines is 1. The molecule has 0 saturated carbocycles. The van der Waals surface area contributed by atoms with Gasteiger partial charge in [0, 0.05) is 25.7 Å². The van der Waals surface area contributed by atoms with Crippen LogP contribution >= 0.6 is 0 Å². The van der Waals surface area contributed by atoms with Crippen molar-refractivity contribution >= 4 is 15.9 Å². The fourth-order valence-corrected chi connectivity index (χ4v) is 3.45. The minimum atomic E-state index is -3.53. The summed E-state index contributed by atoms with van der Waals surface area (Å²) >= 11 is 0. The Morgan fingerprint density at radius 2 is 1.72 bits per heavy atom. The van der Waals surface area contributed by atoms with Crippen LogP contribution < -0.4 is 4.31 Å². The van der Waals surface area contributed by atoms with Gasteiger partial charge in [0.2, 0.25) is 0 Å². The van der Waals surface area contributed by atoms with Crippen molar-refractivity contribution in [3.8, 4) is 5.75 Å². The van der Waals surface area contributed by atoms with Crippen LogP contribution in [0.15, 0.2) is 24.3 Å². The second-order valence-electron chi connectivity index (χ2n) is 3.78. The molecule has 0 bridgehead atoms. The molecule has 1 aromatic carbocycles. The fourth-order valence-electron chi connectivity index (χ4n) is 1.82. The van der Waals surface area contributed by atoms with E-state index in [-0.39, 0.29) is 5.75 Å². The Hall–Kier alpha value is -1.27. The van der Waals surface area contributed by atoms with E-state index in [0.717, 1.165) is 0 Å². The van der Waals surface area contributed by atoms with E-state index in [4.69, 9.17) is 0 Å². The Bertz CT molecular complexity index is 484. The van der Waals surface area contributed by atoms with E-state index in [1.54, 1.807) is 32.9 Å². The van der Waals surface area contributed by atoms with Gasteiger partial charge in [0.1, 0.15) is 5.75 Å². The van der Waals surface area contributed by atoms with Crippen LogP contribution in [0.5, 0.6) is 5.75 Å². The largest absolute Gasteiger partial charge is 0.508 e. The molecular formula is C12H20N2O3S. The maximum atomic E-state index is 12.4. The number of phenols is 1. The van der Waals surface area contributed by atoms with Gasteiger partial charge in [-0.2, -0.15) is 12.7 Å². The lowest BCUT2D eigenvalue weighted by Gasteiger charge is -2.29. The quantitative estimate of drug-likeness (QED) is 0.859. The van der Waals surface area contributed by atoms with Crippen molar-refractivity contribution in [3.63, 3.8) is 0 Å². The van der Waals surface area contributed by atoms with Crippen molar-refractivity contribution in [1.29, 1.82) is 0 Å². The van der Waals surface area contributed by atoms with Crippen molar-refractivity contribution < 1.29 is 13.5 Å². The van der Waals surface area contributed by atoms with E-state index in [2.05, 4.69) is 0 Å². The van der Waals surface area contributed by atoms with Gasteiger partial charge in [-0.15, -0.1) is 0 Å². The lowest BCUT2D eigenvalue weighted by molar-refractivity contribution is 0.442. The molecule has 0 aliphatic heterocycles. The van der Waals surface area contributed by atoms with Gasteiger partial charge in [0.25, 0.3) is 0 Å². The topological polar surface area (TPSA) is 60.9 Å². The average molecular weight is 272 g/mol. The zero-order chi connectivity index (χ0) is 13.8. The summed E-state index contributed by atoms with van der Waals surface area (Å²) in [7, 11) is -3.53. The highest BCUT2D eigenvalue weighted by Crippen LogP contribution is 2.23. The summed E-state index contributed by atoms with van der Waals surface area (Å²) in [6.45, 7) is 6.55. The Morgan fingerprint density at radius 1 is 1.11 bits per heavy atom. The first-order chi connectivity index (χ1) is 8.47. The Morgan fingerprint density at radius 3 is 2.17 bits per heavy atom. The Balaban J connectivity index is 3.18. The van der Waals surface area contributed by atoms with Crippen LogP contribution in [0.25, 0.3) is 0 Å². The second-order valence-corrected chi connectivity index (χ2v) is 5.63. The molecule has 1 rings (SSSR count). The summed E-state index contributed by atoms with van der Waals surface area (Å²) in [5, 5.41) is 9.44. The van der Waals surface area contributed by atoms with Crippen LogP contribution in [0.2, 0.25) is 0 Å². The molecular weight excluding hydrogens is 252 g/mol. The third kappa shape index (κ3) is 2.94. The van der Waals surface area contributed by atoms with Gasteiger partial charge in [-0.1, -0.05) is 19.9 Å². The molecule has 0 heterocycles. The van der Waals surface area contributed by atoms with E-state index < -0.39 is 10.2 Å². The number of hydrogen-bond donors (Lipinski definition) is 1. The van der Waals surface area contributed by atoms with Gasteiger partial charge >= 0.3 is 10.2 Å². The minimum Gasteiger partial charge on any atom is -0.508 e. The van der Waals surface area contributed by atoms with Crippen LogP contribution in [0, 0.1) is 0 Å². The van der Waals surface area contributed by atoms with E-state index in [0.29, 0.717) is 25.3 Å². The molecule has 6 heteroatoms. The molecule has 0 unspecified atom stereocenters. The van der Waals surface area contributed by atoms with Crippen molar-refractivity contribution in [1.82, 2.24) is 4.31 Å². The van der Waals surface area contributed by atoms with Gasteiger partial charge < -0.3 is 5.11 Å². The molecule has 0 amide bonds. The molecule has 0 saturated heterocycles. The van der Waals surface area contributed by atoms with Crippen LogP contribution in [0.1, 0.15) is 20.8 Å². The SMILES string of the molecule is CCN(CC)S(=O)(=O)N(CC)c1cccc(O)c1. The number of rotatable bonds is 6. The van der Waals surface area contributed by atoms with Gasteiger partial charge in [-0.25, -0.2) is 0 Å². The van der Waals surface area contributed by atoms with E-state index in [1.165, 1.54) is 20.7 Å². The summed E-state index contributed by atoms with van der Waals surface area (Å²) in [4.78, 5) is 0. The molecule has 0 atom stereocenters. The molecule has 102 valence electrons. The first-order valence-corrected chi connectivity index (χ1v) is 7.43. The molecule has 0 radical (unpaired) electrons. The number of nitrogens with zero attached hydrogens (tertiary/aromatic N) is 2. The van der Waals surface area contributed by atoms with Crippen molar-refractivity contribution in [2.24, 2.45) is 0 Å². The number of hydrogen-bond acceptors (Lipinski definition) is 3. The predicted octanol–water partition coefficient (Wildman–Crippen LogP) is 1.81. The lowest BCUT2D eigenvalue weighted by Crippen LogP contribution is -2.43. The van der Waals surface area contributed by atoms with E-state index in [9.17, 15) is 13.5 Å². The Labute approximate surface area is 109 Å². The van der Waals surface area contributed by atoms with Crippen LogP contribution in [0.4, 0.5) is 5.69 Å². The summed E-state index contributed by atoms with van der Waals surface area (Å²) in [6.07, 6.45) is 0. The van der Waals surface area contributed by atoms with Crippen LogP contribution in [-0.4, -0.2) is 37.5 Å². The number of benzene rings is 1. The number of aromatic hydroxyl groups is 1. The smallest absolute Gasteiger partial charge is 0.304 e. The van der Waals surface area contributed by atoms with E-state index in [1.807, 2.05) is 0 Å². The highest BCUT2D eigenvalue weighted by Gasteiger charge is 2.26. The fraction of sp³-hybridized carbons (Fsp3) is 0.500. The molecule has 18 heavy (non-hydrogen) atoms. The normalized spacial score (nSPS) is 11.8. The third-order valence-electron chi connectivity index (χ3n) is 2.72. The van der Waals surface area contributed by atoms with Crippen LogP contribution in [-0.2, 0) is 10.2 Å². The van der Waals surface area contributed by atoms with Gasteiger partial charge in [-0.3, -0.25) is 4.31 Å². The molecule has 0 spiro atoms. The minimum absolute atomic E-state index is 0.0562. The van der Waals surface area contributed by atoms with Crippen molar-refractivity contribution in [3.05, 3.63) is 24.3 Å². The molecule has 5 nitrogen and oxygen atoms in total. The summed E-state index contributed by atoms with van der Waals surface area (Å²) in [5.41, 5.74) is 0.476. The summed E-state index contributed by atoms with van der Waals surface area (Å²) in [6, 6.07) is 6.27. The molecule has 1 aromatic rings. The Kier molecular flexibility index (Phi) is 4.98.